The van der Waals surface area contributed by atoms with Gasteiger partial charge in [0.25, 0.3) is 5.91 Å². The maximum atomic E-state index is 13.2. The highest BCUT2D eigenvalue weighted by Crippen LogP contribution is 2.33. The Kier molecular flexibility index (Phi) is 6.14. The van der Waals surface area contributed by atoms with Crippen molar-refractivity contribution in [1.29, 1.82) is 0 Å². The van der Waals surface area contributed by atoms with Crippen LogP contribution in [0.5, 0.6) is 0 Å². The van der Waals surface area contributed by atoms with Gasteiger partial charge in [0.2, 0.25) is 0 Å². The molecule has 0 radical (unpaired) electrons. The highest BCUT2D eigenvalue weighted by Gasteiger charge is 2.24. The average Bonchev–Trinajstić information content (AvgIpc) is 3.22. The van der Waals surface area contributed by atoms with Crippen molar-refractivity contribution < 1.29 is 4.79 Å². The van der Waals surface area contributed by atoms with E-state index in [0.717, 1.165) is 35.4 Å². The number of rotatable bonds is 7. The molecule has 8 heteroatoms. The molecule has 2 aromatic heterocycles. The van der Waals surface area contributed by atoms with Crippen LogP contribution in [-0.4, -0.2) is 52.8 Å². The average molecular weight is 406 g/mol. The van der Waals surface area contributed by atoms with E-state index in [1.54, 1.807) is 4.90 Å². The highest BCUT2D eigenvalue weighted by atomic mass is 35.5. The van der Waals surface area contributed by atoms with E-state index in [2.05, 4.69) is 15.0 Å². The van der Waals surface area contributed by atoms with Crippen molar-refractivity contribution in [3.63, 3.8) is 0 Å². The Labute approximate surface area is 168 Å². The van der Waals surface area contributed by atoms with E-state index in [1.807, 2.05) is 56.9 Å². The van der Waals surface area contributed by atoms with E-state index in [-0.39, 0.29) is 5.91 Å². The first-order chi connectivity index (χ1) is 12.9. The molecular formula is C19H24ClN5OS. The molecule has 0 aliphatic rings. The first kappa shape index (κ1) is 19.8. The van der Waals surface area contributed by atoms with Gasteiger partial charge in [-0.05, 0) is 59.1 Å². The number of carbonyl (C=O) groups is 1. The van der Waals surface area contributed by atoms with Crippen molar-refractivity contribution in [2.24, 2.45) is 0 Å². The van der Waals surface area contributed by atoms with Crippen LogP contribution in [0.1, 0.15) is 29.5 Å². The fourth-order valence-electron chi connectivity index (χ4n) is 2.92. The van der Waals surface area contributed by atoms with Gasteiger partial charge in [-0.15, -0.1) is 0 Å². The topological polar surface area (TPSA) is 54.3 Å². The third kappa shape index (κ3) is 4.31. The summed E-state index contributed by atoms with van der Waals surface area (Å²) in [6.45, 7) is 6.17. The van der Waals surface area contributed by atoms with Crippen molar-refractivity contribution in [3.05, 3.63) is 40.7 Å². The summed E-state index contributed by atoms with van der Waals surface area (Å²) in [6, 6.07) is 7.53. The summed E-state index contributed by atoms with van der Waals surface area (Å²) >= 11 is 7.76. The molecule has 0 bridgehead atoms. The summed E-state index contributed by atoms with van der Waals surface area (Å²) in [5.74, 6) is -0.126. The minimum atomic E-state index is -0.126. The molecule has 0 N–H and O–H groups in total. The van der Waals surface area contributed by atoms with Crippen LogP contribution in [0.25, 0.3) is 10.2 Å². The monoisotopic (exact) mass is 405 g/mol. The van der Waals surface area contributed by atoms with E-state index < -0.39 is 0 Å². The second kappa shape index (κ2) is 8.37. The number of anilines is 1. The molecule has 1 amide bonds. The van der Waals surface area contributed by atoms with E-state index in [4.69, 9.17) is 11.6 Å². The lowest BCUT2D eigenvalue weighted by Gasteiger charge is -2.20. The van der Waals surface area contributed by atoms with Crippen molar-refractivity contribution in [1.82, 2.24) is 19.7 Å². The molecular weight excluding hydrogens is 382 g/mol. The molecule has 0 aliphatic heterocycles. The minimum absolute atomic E-state index is 0.126. The number of aromatic nitrogens is 3. The first-order valence-corrected chi connectivity index (χ1v) is 10.2. The molecule has 2 heterocycles. The van der Waals surface area contributed by atoms with Crippen LogP contribution in [0, 0.1) is 6.92 Å². The van der Waals surface area contributed by atoms with Gasteiger partial charge in [-0.3, -0.25) is 14.4 Å². The lowest BCUT2D eigenvalue weighted by molar-refractivity contribution is 0.0980. The predicted octanol–water partition coefficient (Wildman–Crippen LogP) is 4.07. The Balaban J connectivity index is 1.95. The van der Waals surface area contributed by atoms with Crippen LogP contribution in [0.2, 0.25) is 5.02 Å². The molecule has 0 fully saturated rings. The SMILES string of the molecule is CCn1nc(C(=O)N(CCCN(C)C)c2nc3c(Cl)cccc3s2)cc1C. The van der Waals surface area contributed by atoms with Gasteiger partial charge in [-0.2, -0.15) is 5.10 Å². The van der Waals surface area contributed by atoms with Gasteiger partial charge in [0.1, 0.15) is 5.52 Å². The number of fused-ring (bicyclic) bond motifs is 1. The molecule has 3 aromatic rings. The van der Waals surface area contributed by atoms with Crippen molar-refractivity contribution in [3.8, 4) is 0 Å². The molecule has 27 heavy (non-hydrogen) atoms. The zero-order chi connectivity index (χ0) is 19.6. The summed E-state index contributed by atoms with van der Waals surface area (Å²) in [7, 11) is 4.05. The summed E-state index contributed by atoms with van der Waals surface area (Å²) in [5, 5.41) is 5.71. The molecule has 0 saturated heterocycles. The fourth-order valence-corrected chi connectivity index (χ4v) is 4.21. The van der Waals surface area contributed by atoms with Crippen molar-refractivity contribution in [2.75, 3.05) is 32.1 Å². The van der Waals surface area contributed by atoms with Crippen LogP contribution >= 0.6 is 22.9 Å². The third-order valence-electron chi connectivity index (χ3n) is 4.32. The maximum absolute atomic E-state index is 13.2. The Morgan fingerprint density at radius 3 is 2.70 bits per heavy atom. The van der Waals surface area contributed by atoms with Gasteiger partial charge in [0.05, 0.1) is 9.72 Å². The van der Waals surface area contributed by atoms with E-state index in [9.17, 15) is 4.79 Å². The maximum Gasteiger partial charge on any atom is 0.280 e. The molecule has 0 unspecified atom stereocenters. The van der Waals surface area contributed by atoms with Gasteiger partial charge in [-0.1, -0.05) is 29.0 Å². The molecule has 144 valence electrons. The van der Waals surface area contributed by atoms with Crippen molar-refractivity contribution >= 4 is 44.2 Å². The number of hydrogen-bond acceptors (Lipinski definition) is 5. The molecule has 0 atom stereocenters. The highest BCUT2D eigenvalue weighted by molar-refractivity contribution is 7.22. The fraction of sp³-hybridized carbons (Fsp3) is 0.421. The predicted molar refractivity (Wildman–Crippen MR) is 112 cm³/mol. The van der Waals surface area contributed by atoms with Gasteiger partial charge in [0, 0.05) is 18.8 Å². The van der Waals surface area contributed by atoms with Crippen LogP contribution in [-0.2, 0) is 6.54 Å². The summed E-state index contributed by atoms with van der Waals surface area (Å²) in [4.78, 5) is 21.7. The number of thiazole rings is 1. The Morgan fingerprint density at radius 1 is 1.30 bits per heavy atom. The molecule has 6 nitrogen and oxygen atoms in total. The summed E-state index contributed by atoms with van der Waals surface area (Å²) < 4.78 is 2.80. The number of benzene rings is 1. The van der Waals surface area contributed by atoms with Crippen LogP contribution < -0.4 is 4.90 Å². The number of halogens is 1. The Hall–Kier alpha value is -1.96. The van der Waals surface area contributed by atoms with Gasteiger partial charge in [0.15, 0.2) is 10.8 Å². The van der Waals surface area contributed by atoms with Gasteiger partial charge >= 0.3 is 0 Å². The summed E-state index contributed by atoms with van der Waals surface area (Å²) in [6.07, 6.45) is 0.843. The number of para-hydroxylation sites is 1. The number of nitrogens with zero attached hydrogens (tertiary/aromatic N) is 5. The Bertz CT molecular complexity index is 949. The van der Waals surface area contributed by atoms with Crippen LogP contribution in [0.3, 0.4) is 0 Å². The van der Waals surface area contributed by atoms with Crippen LogP contribution in [0.15, 0.2) is 24.3 Å². The van der Waals surface area contributed by atoms with E-state index in [0.29, 0.717) is 22.4 Å². The smallest absolute Gasteiger partial charge is 0.280 e. The quantitative estimate of drug-likeness (QED) is 0.594. The second-order valence-corrected chi connectivity index (χ2v) is 8.10. The van der Waals surface area contributed by atoms with E-state index >= 15 is 0 Å². The molecule has 0 saturated carbocycles. The number of aryl methyl sites for hydroxylation is 2. The largest absolute Gasteiger partial charge is 0.309 e. The zero-order valence-electron chi connectivity index (χ0n) is 16.1. The second-order valence-electron chi connectivity index (χ2n) is 6.68. The lowest BCUT2D eigenvalue weighted by atomic mass is 10.3. The molecule has 1 aromatic carbocycles. The number of carbonyl (C=O) groups excluding carboxylic acids is 1. The molecule has 3 rings (SSSR count). The van der Waals surface area contributed by atoms with Gasteiger partial charge in [-0.25, -0.2) is 4.98 Å². The molecule has 0 aliphatic carbocycles. The third-order valence-corrected chi connectivity index (χ3v) is 5.67. The van der Waals surface area contributed by atoms with Crippen LogP contribution in [0.4, 0.5) is 5.13 Å². The van der Waals surface area contributed by atoms with Gasteiger partial charge < -0.3 is 4.90 Å². The zero-order valence-corrected chi connectivity index (χ0v) is 17.6. The summed E-state index contributed by atoms with van der Waals surface area (Å²) in [5.41, 5.74) is 2.16. The first-order valence-electron chi connectivity index (χ1n) is 8.96. The number of amides is 1. The number of hydrogen-bond donors (Lipinski definition) is 0. The minimum Gasteiger partial charge on any atom is -0.309 e. The standard InChI is InChI=1S/C19H24ClN5OS/c1-5-25-13(2)12-15(22-25)18(26)24(11-7-10-23(3)4)19-21-17-14(20)8-6-9-16(17)27-19/h6,8-9,12H,5,7,10-11H2,1-4H3. The molecule has 0 spiro atoms. The lowest BCUT2D eigenvalue weighted by Crippen LogP contribution is -2.33. The Morgan fingerprint density at radius 2 is 2.07 bits per heavy atom. The normalized spacial score (nSPS) is 11.5. The van der Waals surface area contributed by atoms with Crippen molar-refractivity contribution in [2.45, 2.75) is 26.8 Å². The van der Waals surface area contributed by atoms with E-state index in [1.165, 1.54) is 11.3 Å².